The highest BCUT2D eigenvalue weighted by Gasteiger charge is 2.16. The fourth-order valence-electron chi connectivity index (χ4n) is 4.22. The first-order valence-electron chi connectivity index (χ1n) is 10.3. The van der Waals surface area contributed by atoms with Gasteiger partial charge in [-0.15, -0.1) is 0 Å². The molecule has 0 saturated carbocycles. The molecule has 6 aromatic rings. The van der Waals surface area contributed by atoms with Crippen LogP contribution in [0.4, 0.5) is 4.39 Å². The van der Waals surface area contributed by atoms with Crippen LogP contribution in [0.25, 0.3) is 55.6 Å². The van der Waals surface area contributed by atoms with Crippen molar-refractivity contribution in [2.45, 2.75) is 6.92 Å². The molecule has 6 rings (SSSR count). The zero-order valence-electron chi connectivity index (χ0n) is 17.2. The molecule has 2 aromatic carbocycles. The number of hydrogen-bond acceptors (Lipinski definition) is 3. The summed E-state index contributed by atoms with van der Waals surface area (Å²) in [6, 6.07) is 18.8. The van der Waals surface area contributed by atoms with Gasteiger partial charge in [-0.1, -0.05) is 30.3 Å². The molecule has 0 spiro atoms. The van der Waals surface area contributed by atoms with Gasteiger partial charge >= 0.3 is 0 Å². The van der Waals surface area contributed by atoms with Crippen LogP contribution in [0.5, 0.6) is 0 Å². The van der Waals surface area contributed by atoms with Crippen molar-refractivity contribution < 1.29 is 4.39 Å². The number of nitrogens with one attached hydrogen (secondary N) is 2. The molecule has 0 unspecified atom stereocenters. The first-order chi connectivity index (χ1) is 15.7. The number of aryl methyl sites for hydroxylation is 1. The lowest BCUT2D eigenvalue weighted by molar-refractivity contribution is 0.631. The molecule has 0 aliphatic rings. The van der Waals surface area contributed by atoms with Gasteiger partial charge < -0.3 is 4.98 Å². The lowest BCUT2D eigenvalue weighted by atomic mass is 10.0. The maximum Gasteiger partial charge on any atom is 0.181 e. The normalized spacial score (nSPS) is 11.4. The van der Waals surface area contributed by atoms with E-state index in [1.54, 1.807) is 18.3 Å². The maximum absolute atomic E-state index is 14.5. The van der Waals surface area contributed by atoms with Crippen molar-refractivity contribution in [3.05, 3.63) is 90.6 Å². The first kappa shape index (κ1) is 18.4. The highest BCUT2D eigenvalue weighted by atomic mass is 19.1. The monoisotopic (exact) mass is 419 g/mol. The fraction of sp³-hybridized carbons (Fsp3) is 0.0385. The lowest BCUT2D eigenvalue weighted by Gasteiger charge is -2.05. The Morgan fingerprint density at radius 2 is 1.72 bits per heavy atom. The summed E-state index contributed by atoms with van der Waals surface area (Å²) in [5.74, 6) is -0.240. The minimum Gasteiger partial charge on any atom is -0.353 e. The molecule has 0 aliphatic heterocycles. The number of aromatic amines is 2. The molecular formula is C26H18FN5. The van der Waals surface area contributed by atoms with E-state index in [-0.39, 0.29) is 5.82 Å². The highest BCUT2D eigenvalue weighted by molar-refractivity contribution is 6.01. The first-order valence-corrected chi connectivity index (χ1v) is 10.3. The van der Waals surface area contributed by atoms with E-state index in [1.807, 2.05) is 48.8 Å². The molecule has 0 saturated heterocycles. The van der Waals surface area contributed by atoms with Crippen molar-refractivity contribution in [1.29, 1.82) is 0 Å². The number of hydrogen-bond donors (Lipinski definition) is 2. The number of halogens is 1. The van der Waals surface area contributed by atoms with E-state index in [0.29, 0.717) is 11.2 Å². The number of rotatable bonds is 3. The van der Waals surface area contributed by atoms with Crippen molar-refractivity contribution in [3.63, 3.8) is 0 Å². The summed E-state index contributed by atoms with van der Waals surface area (Å²) in [5.41, 5.74) is 7.84. The van der Waals surface area contributed by atoms with Crippen LogP contribution >= 0.6 is 0 Å². The number of nitrogens with zero attached hydrogens (tertiary/aromatic N) is 3. The molecule has 0 fully saturated rings. The van der Waals surface area contributed by atoms with Crippen LogP contribution in [0.1, 0.15) is 5.56 Å². The topological polar surface area (TPSA) is 70.2 Å². The Hall–Kier alpha value is -4.32. The minimum atomic E-state index is -0.240. The molecule has 0 radical (unpaired) electrons. The molecule has 0 aliphatic carbocycles. The van der Waals surface area contributed by atoms with Gasteiger partial charge in [0.05, 0.1) is 11.4 Å². The van der Waals surface area contributed by atoms with E-state index in [9.17, 15) is 4.39 Å². The summed E-state index contributed by atoms with van der Waals surface area (Å²) in [4.78, 5) is 12.3. The third-order valence-electron chi connectivity index (χ3n) is 5.86. The Kier molecular flexibility index (Phi) is 4.11. The van der Waals surface area contributed by atoms with Crippen LogP contribution in [-0.2, 0) is 0 Å². The van der Waals surface area contributed by atoms with Gasteiger partial charge in [0, 0.05) is 51.6 Å². The van der Waals surface area contributed by atoms with Gasteiger partial charge in [-0.2, -0.15) is 5.10 Å². The van der Waals surface area contributed by atoms with Crippen LogP contribution in [0.2, 0.25) is 0 Å². The zero-order valence-corrected chi connectivity index (χ0v) is 17.2. The smallest absolute Gasteiger partial charge is 0.181 e. The molecule has 2 N–H and O–H groups in total. The molecule has 32 heavy (non-hydrogen) atoms. The molecule has 154 valence electrons. The van der Waals surface area contributed by atoms with Gasteiger partial charge in [-0.05, 0) is 48.4 Å². The van der Waals surface area contributed by atoms with Crippen molar-refractivity contribution in [1.82, 2.24) is 25.1 Å². The second-order valence-electron chi connectivity index (χ2n) is 7.81. The Morgan fingerprint density at radius 1 is 0.844 bits per heavy atom. The van der Waals surface area contributed by atoms with Gasteiger partial charge in [0.15, 0.2) is 5.65 Å². The van der Waals surface area contributed by atoms with E-state index >= 15 is 0 Å². The fourth-order valence-corrected chi connectivity index (χ4v) is 4.22. The second kappa shape index (κ2) is 7.13. The average Bonchev–Trinajstić information content (AvgIpc) is 3.43. The van der Waals surface area contributed by atoms with Crippen molar-refractivity contribution >= 4 is 21.9 Å². The van der Waals surface area contributed by atoms with Gasteiger partial charge in [0.1, 0.15) is 5.82 Å². The zero-order chi connectivity index (χ0) is 21.7. The Bertz CT molecular complexity index is 1610. The van der Waals surface area contributed by atoms with Crippen LogP contribution in [0, 0.1) is 12.7 Å². The van der Waals surface area contributed by atoms with Crippen molar-refractivity contribution in [2.24, 2.45) is 0 Å². The molecule has 0 bridgehead atoms. The maximum atomic E-state index is 14.5. The summed E-state index contributed by atoms with van der Waals surface area (Å²) in [5, 5.41) is 9.36. The third kappa shape index (κ3) is 2.88. The van der Waals surface area contributed by atoms with Gasteiger partial charge in [0.2, 0.25) is 0 Å². The molecule has 0 atom stereocenters. The molecular weight excluding hydrogens is 401 g/mol. The summed E-state index contributed by atoms with van der Waals surface area (Å²) in [6.07, 6.45) is 5.45. The SMILES string of the molecule is Cc1ccncc1-c1cnc2n[nH]c(-c3cc4c(-c5ccccc5F)cccc4[nH]3)c2c1. The molecule has 4 heterocycles. The van der Waals surface area contributed by atoms with Gasteiger partial charge in [-0.3, -0.25) is 10.1 Å². The van der Waals surface area contributed by atoms with Gasteiger partial charge in [0.25, 0.3) is 0 Å². The van der Waals surface area contributed by atoms with E-state index in [4.69, 9.17) is 0 Å². The summed E-state index contributed by atoms with van der Waals surface area (Å²) >= 11 is 0. The predicted octanol–water partition coefficient (Wildman–Crippen LogP) is 6.28. The van der Waals surface area contributed by atoms with Crippen molar-refractivity contribution in [3.8, 4) is 33.6 Å². The van der Waals surface area contributed by atoms with Crippen LogP contribution in [0.3, 0.4) is 0 Å². The van der Waals surface area contributed by atoms with E-state index in [0.717, 1.165) is 49.9 Å². The van der Waals surface area contributed by atoms with E-state index in [1.165, 1.54) is 6.07 Å². The third-order valence-corrected chi connectivity index (χ3v) is 5.86. The largest absolute Gasteiger partial charge is 0.353 e. The standard InChI is InChI=1S/C26H18FN5/c1-15-9-10-28-14-21(15)16-11-20-25(31-32-26(20)29-13-16)24-12-19-17(6-4-8-23(19)30-24)18-5-2-3-7-22(18)27/h2-14,30H,1H3,(H,29,31,32). The van der Waals surface area contributed by atoms with Crippen LogP contribution in [0.15, 0.2) is 79.3 Å². The second-order valence-corrected chi connectivity index (χ2v) is 7.81. The molecule has 0 amide bonds. The average molecular weight is 419 g/mol. The number of aromatic nitrogens is 5. The molecule has 4 aromatic heterocycles. The summed E-state index contributed by atoms with van der Waals surface area (Å²) in [7, 11) is 0. The summed E-state index contributed by atoms with van der Waals surface area (Å²) < 4.78 is 14.5. The molecule has 6 heteroatoms. The Morgan fingerprint density at radius 3 is 2.59 bits per heavy atom. The van der Waals surface area contributed by atoms with Crippen LogP contribution < -0.4 is 0 Å². The van der Waals surface area contributed by atoms with E-state index < -0.39 is 0 Å². The quantitative estimate of drug-likeness (QED) is 0.354. The summed E-state index contributed by atoms with van der Waals surface area (Å²) in [6.45, 7) is 2.05. The molecule has 5 nitrogen and oxygen atoms in total. The predicted molar refractivity (Wildman–Crippen MR) is 125 cm³/mol. The van der Waals surface area contributed by atoms with Crippen molar-refractivity contribution in [2.75, 3.05) is 0 Å². The highest BCUT2D eigenvalue weighted by Crippen LogP contribution is 2.35. The van der Waals surface area contributed by atoms with Gasteiger partial charge in [-0.25, -0.2) is 9.37 Å². The number of pyridine rings is 2. The lowest BCUT2D eigenvalue weighted by Crippen LogP contribution is -1.87. The number of fused-ring (bicyclic) bond motifs is 2. The number of benzene rings is 2. The Balaban J connectivity index is 1.53. The van der Waals surface area contributed by atoms with Crippen LogP contribution in [-0.4, -0.2) is 25.1 Å². The van der Waals surface area contributed by atoms with E-state index in [2.05, 4.69) is 38.1 Å². The number of H-pyrrole nitrogens is 2. The minimum absolute atomic E-state index is 0.240. The Labute approximate surface area is 183 Å².